The molecule has 1 aromatic rings. The van der Waals surface area contributed by atoms with Crippen molar-refractivity contribution in [2.24, 2.45) is 11.3 Å². The van der Waals surface area contributed by atoms with Crippen LogP contribution in [0, 0.1) is 11.3 Å². The Morgan fingerprint density at radius 1 is 1.25 bits per heavy atom. The fourth-order valence-electron chi connectivity index (χ4n) is 3.70. The molecule has 0 spiro atoms. The lowest BCUT2D eigenvalue weighted by Crippen LogP contribution is -2.43. The number of rotatable bonds is 7. The molecule has 20 heavy (non-hydrogen) atoms. The molecule has 1 aliphatic carbocycles. The van der Waals surface area contributed by atoms with Gasteiger partial charge in [-0.1, -0.05) is 37.3 Å². The van der Waals surface area contributed by atoms with Crippen molar-refractivity contribution < 1.29 is 4.74 Å². The van der Waals surface area contributed by atoms with Gasteiger partial charge in [-0.05, 0) is 50.1 Å². The van der Waals surface area contributed by atoms with Crippen LogP contribution in [0.15, 0.2) is 30.3 Å². The third kappa shape index (κ3) is 3.07. The van der Waals surface area contributed by atoms with Gasteiger partial charge in [-0.15, -0.1) is 0 Å². The summed E-state index contributed by atoms with van der Waals surface area (Å²) in [7, 11) is 0. The molecule has 0 amide bonds. The van der Waals surface area contributed by atoms with Crippen LogP contribution >= 0.6 is 0 Å². The fraction of sp³-hybridized carbons (Fsp3) is 0.667. The number of hydrogen-bond donors (Lipinski definition) is 1. The van der Waals surface area contributed by atoms with E-state index in [1.54, 1.807) is 0 Å². The normalized spacial score (nSPS) is 29.8. The minimum atomic E-state index is 0.317. The first-order valence-electron chi connectivity index (χ1n) is 8.20. The molecule has 3 rings (SSSR count). The highest BCUT2D eigenvalue weighted by Gasteiger charge is 2.50. The number of benzene rings is 1. The predicted octanol–water partition coefficient (Wildman–Crippen LogP) is 3.41. The molecule has 2 unspecified atom stereocenters. The molecular formula is C18H27NO. The molecule has 110 valence electrons. The van der Waals surface area contributed by atoms with E-state index in [0.717, 1.165) is 32.0 Å². The lowest BCUT2D eigenvalue weighted by atomic mass is 9.74. The Kier molecular flexibility index (Phi) is 4.42. The van der Waals surface area contributed by atoms with Crippen molar-refractivity contribution in [1.29, 1.82) is 0 Å². The molecule has 0 aromatic heterocycles. The van der Waals surface area contributed by atoms with E-state index in [9.17, 15) is 0 Å². The van der Waals surface area contributed by atoms with Gasteiger partial charge in [0.15, 0.2) is 0 Å². The van der Waals surface area contributed by atoms with E-state index in [-0.39, 0.29) is 0 Å². The summed E-state index contributed by atoms with van der Waals surface area (Å²) in [6.07, 6.45) is 6.79. The van der Waals surface area contributed by atoms with E-state index in [0.29, 0.717) is 11.5 Å². The number of nitrogens with one attached hydrogen (secondary N) is 1. The average molecular weight is 273 g/mol. The summed E-state index contributed by atoms with van der Waals surface area (Å²) in [5, 5.41) is 3.67. The standard InChI is InChI=1S/C18H27NO/c1-2-11-19-14-18(13-15-6-4-3-5-7-15)10-12-20-17(18)16-8-9-16/h3-7,16-17,19H,2,8-14H2,1H3. The molecule has 1 aromatic carbocycles. The Morgan fingerprint density at radius 2 is 2.05 bits per heavy atom. The third-order valence-corrected chi connectivity index (χ3v) is 4.85. The second-order valence-electron chi connectivity index (χ2n) is 6.58. The largest absolute Gasteiger partial charge is 0.377 e. The molecular weight excluding hydrogens is 246 g/mol. The van der Waals surface area contributed by atoms with Gasteiger partial charge in [0.05, 0.1) is 6.10 Å². The maximum absolute atomic E-state index is 6.16. The monoisotopic (exact) mass is 273 g/mol. The van der Waals surface area contributed by atoms with E-state index < -0.39 is 0 Å². The Bertz CT molecular complexity index is 415. The Morgan fingerprint density at radius 3 is 2.75 bits per heavy atom. The van der Waals surface area contributed by atoms with Gasteiger partial charge >= 0.3 is 0 Å². The van der Waals surface area contributed by atoms with Crippen LogP contribution in [-0.4, -0.2) is 25.8 Å². The van der Waals surface area contributed by atoms with Crippen LogP contribution in [-0.2, 0) is 11.2 Å². The van der Waals surface area contributed by atoms with E-state index in [2.05, 4.69) is 42.6 Å². The molecule has 0 bridgehead atoms. The molecule has 1 N–H and O–H groups in total. The fourth-order valence-corrected chi connectivity index (χ4v) is 3.70. The zero-order valence-corrected chi connectivity index (χ0v) is 12.6. The topological polar surface area (TPSA) is 21.3 Å². The Labute approximate surface area is 122 Å². The average Bonchev–Trinajstić information content (AvgIpc) is 3.23. The van der Waals surface area contributed by atoms with Crippen LogP contribution in [0.2, 0.25) is 0 Å². The highest BCUT2D eigenvalue weighted by atomic mass is 16.5. The van der Waals surface area contributed by atoms with E-state index in [4.69, 9.17) is 4.74 Å². The molecule has 1 saturated heterocycles. The van der Waals surface area contributed by atoms with Gasteiger partial charge in [-0.2, -0.15) is 0 Å². The Balaban J connectivity index is 1.75. The smallest absolute Gasteiger partial charge is 0.0675 e. The summed E-state index contributed by atoms with van der Waals surface area (Å²) in [6.45, 7) is 5.41. The molecule has 2 heteroatoms. The molecule has 2 nitrogen and oxygen atoms in total. The zero-order valence-electron chi connectivity index (χ0n) is 12.6. The van der Waals surface area contributed by atoms with Gasteiger partial charge in [-0.3, -0.25) is 0 Å². The van der Waals surface area contributed by atoms with Crippen molar-refractivity contribution in [3.63, 3.8) is 0 Å². The van der Waals surface area contributed by atoms with Gasteiger partial charge in [0.2, 0.25) is 0 Å². The van der Waals surface area contributed by atoms with Crippen LogP contribution in [0.25, 0.3) is 0 Å². The molecule has 1 saturated carbocycles. The maximum atomic E-state index is 6.16. The Hall–Kier alpha value is -0.860. The van der Waals surface area contributed by atoms with Crippen molar-refractivity contribution in [3.05, 3.63) is 35.9 Å². The molecule has 2 atom stereocenters. The molecule has 1 heterocycles. The lowest BCUT2D eigenvalue weighted by Gasteiger charge is -2.35. The molecule has 1 aliphatic heterocycles. The van der Waals surface area contributed by atoms with Gasteiger partial charge in [-0.25, -0.2) is 0 Å². The SMILES string of the molecule is CCCNCC1(Cc2ccccc2)CCOC1C1CC1. The summed E-state index contributed by atoms with van der Waals surface area (Å²) in [4.78, 5) is 0. The first kappa shape index (κ1) is 14.1. The van der Waals surface area contributed by atoms with Crippen LogP contribution < -0.4 is 5.32 Å². The van der Waals surface area contributed by atoms with Crippen LogP contribution in [0.4, 0.5) is 0 Å². The quantitative estimate of drug-likeness (QED) is 0.769. The van der Waals surface area contributed by atoms with E-state index in [1.165, 1.54) is 31.2 Å². The van der Waals surface area contributed by atoms with Crippen LogP contribution in [0.5, 0.6) is 0 Å². The highest BCUT2D eigenvalue weighted by molar-refractivity contribution is 5.19. The van der Waals surface area contributed by atoms with E-state index in [1.807, 2.05) is 0 Å². The van der Waals surface area contributed by atoms with Gasteiger partial charge in [0, 0.05) is 18.6 Å². The molecule has 0 radical (unpaired) electrons. The summed E-state index contributed by atoms with van der Waals surface area (Å²) >= 11 is 0. The first-order valence-corrected chi connectivity index (χ1v) is 8.20. The second-order valence-corrected chi connectivity index (χ2v) is 6.58. The van der Waals surface area contributed by atoms with E-state index >= 15 is 0 Å². The van der Waals surface area contributed by atoms with Crippen molar-refractivity contribution in [2.75, 3.05) is 19.7 Å². The third-order valence-electron chi connectivity index (χ3n) is 4.85. The van der Waals surface area contributed by atoms with Crippen LogP contribution in [0.1, 0.15) is 38.2 Å². The second kappa shape index (κ2) is 6.28. The zero-order chi connectivity index (χ0) is 13.8. The minimum absolute atomic E-state index is 0.317. The first-order chi connectivity index (χ1) is 9.84. The predicted molar refractivity (Wildman–Crippen MR) is 82.8 cm³/mol. The van der Waals surface area contributed by atoms with Crippen molar-refractivity contribution >= 4 is 0 Å². The highest BCUT2D eigenvalue weighted by Crippen LogP contribution is 2.49. The molecule has 2 fully saturated rings. The van der Waals surface area contributed by atoms with Gasteiger partial charge in [0.1, 0.15) is 0 Å². The summed E-state index contributed by atoms with van der Waals surface area (Å²) in [6, 6.07) is 11.0. The van der Waals surface area contributed by atoms with Crippen molar-refractivity contribution in [3.8, 4) is 0 Å². The molecule has 2 aliphatic rings. The number of hydrogen-bond acceptors (Lipinski definition) is 2. The van der Waals surface area contributed by atoms with Crippen molar-refractivity contribution in [2.45, 2.75) is 45.1 Å². The summed E-state index contributed by atoms with van der Waals surface area (Å²) in [5.74, 6) is 0.824. The minimum Gasteiger partial charge on any atom is -0.377 e. The van der Waals surface area contributed by atoms with Gasteiger partial charge in [0.25, 0.3) is 0 Å². The summed E-state index contributed by atoms with van der Waals surface area (Å²) in [5.41, 5.74) is 1.78. The lowest BCUT2D eigenvalue weighted by molar-refractivity contribution is 0.0307. The summed E-state index contributed by atoms with van der Waals surface area (Å²) < 4.78 is 6.16. The maximum Gasteiger partial charge on any atom is 0.0675 e. The van der Waals surface area contributed by atoms with Gasteiger partial charge < -0.3 is 10.1 Å². The van der Waals surface area contributed by atoms with Crippen molar-refractivity contribution in [1.82, 2.24) is 5.32 Å². The number of ether oxygens (including phenoxy) is 1. The van der Waals surface area contributed by atoms with Crippen LogP contribution in [0.3, 0.4) is 0 Å².